The topological polar surface area (TPSA) is 159 Å². The molecular weight excluding hydrogens is 448 g/mol. The summed E-state index contributed by atoms with van der Waals surface area (Å²) in [5.41, 5.74) is 6.43. The number of carbonyl (C=O) groups is 4. The first kappa shape index (κ1) is 23.0. The first-order chi connectivity index (χ1) is 15.8. The van der Waals surface area contributed by atoms with Crippen molar-refractivity contribution >= 4 is 46.1 Å². The van der Waals surface area contributed by atoms with Crippen molar-refractivity contribution in [1.29, 1.82) is 0 Å². The number of nitrogens with two attached hydrogens (primary N) is 1. The molecule has 1 aliphatic heterocycles. The lowest BCUT2D eigenvalue weighted by Gasteiger charge is -2.27. The van der Waals surface area contributed by atoms with Gasteiger partial charge in [0, 0.05) is 17.8 Å². The van der Waals surface area contributed by atoms with Crippen LogP contribution < -0.4 is 21.7 Å². The fraction of sp³-hybridized carbons (Fsp3) is 0.500. The van der Waals surface area contributed by atoms with E-state index in [2.05, 4.69) is 25.9 Å². The second kappa shape index (κ2) is 9.78. The van der Waals surface area contributed by atoms with Crippen LogP contribution >= 0.6 is 11.6 Å². The maximum atomic E-state index is 13.1. The first-order valence-corrected chi connectivity index (χ1v) is 11.5. The lowest BCUT2D eigenvalue weighted by molar-refractivity contribution is -0.131. The lowest BCUT2D eigenvalue weighted by Crippen LogP contribution is -2.54. The minimum Gasteiger partial charge on any atom is -0.368 e. The van der Waals surface area contributed by atoms with E-state index in [1.54, 1.807) is 12.1 Å². The summed E-state index contributed by atoms with van der Waals surface area (Å²) in [5, 5.41) is 9.23. The van der Waals surface area contributed by atoms with Crippen molar-refractivity contribution in [3.8, 4) is 0 Å². The molecule has 0 spiro atoms. The SMILES string of the molecule is NC(=O)[C@H](C[C@@H]1CCCNC1=O)NC(=O)[C@H](CC1CC1)NC(=O)c1cc2cc(Cl)ncc2[nH]1. The van der Waals surface area contributed by atoms with Crippen LogP contribution in [0.4, 0.5) is 0 Å². The highest BCUT2D eigenvalue weighted by atomic mass is 35.5. The minimum atomic E-state index is -0.994. The van der Waals surface area contributed by atoms with Crippen molar-refractivity contribution in [3.05, 3.63) is 29.2 Å². The van der Waals surface area contributed by atoms with Crippen LogP contribution in [0.1, 0.15) is 49.0 Å². The number of pyridine rings is 1. The molecule has 2 aromatic heterocycles. The number of hydrogen-bond donors (Lipinski definition) is 5. The summed E-state index contributed by atoms with van der Waals surface area (Å²) in [4.78, 5) is 57.0. The van der Waals surface area contributed by atoms with E-state index in [0.29, 0.717) is 36.0 Å². The summed E-state index contributed by atoms with van der Waals surface area (Å²) in [6, 6.07) is 1.45. The number of aromatic nitrogens is 2. The van der Waals surface area contributed by atoms with E-state index in [9.17, 15) is 19.2 Å². The summed E-state index contributed by atoms with van der Waals surface area (Å²) in [6.07, 6.45) is 5.53. The molecule has 2 fully saturated rings. The molecule has 2 aliphatic rings. The van der Waals surface area contributed by atoms with Gasteiger partial charge in [-0.05, 0) is 43.7 Å². The summed E-state index contributed by atoms with van der Waals surface area (Å²) in [6.45, 7) is 0.606. The van der Waals surface area contributed by atoms with Crippen molar-refractivity contribution in [2.75, 3.05) is 6.54 Å². The molecule has 176 valence electrons. The Bertz CT molecular complexity index is 1080. The van der Waals surface area contributed by atoms with E-state index in [4.69, 9.17) is 17.3 Å². The Hall–Kier alpha value is -3.14. The van der Waals surface area contributed by atoms with Crippen LogP contribution in [0.15, 0.2) is 18.3 Å². The van der Waals surface area contributed by atoms with E-state index < -0.39 is 29.8 Å². The van der Waals surface area contributed by atoms with Crippen LogP contribution in [0, 0.1) is 11.8 Å². The molecule has 10 nitrogen and oxygen atoms in total. The number of hydrogen-bond acceptors (Lipinski definition) is 5. The molecule has 11 heteroatoms. The van der Waals surface area contributed by atoms with Gasteiger partial charge in [-0.3, -0.25) is 19.2 Å². The standard InChI is InChI=1S/C22H27ClN6O4/c23-18-9-13-8-16(27-17(13)10-26-18)22(33)29-15(6-11-3-4-11)21(32)28-14(19(24)30)7-12-2-1-5-25-20(12)31/h8-12,14-15,27H,1-7H2,(H2,24,30)(H,25,31)(H,28,32)(H,29,33)/t12-,14-,15-/m0/s1. The molecule has 1 saturated heterocycles. The second-order valence-corrected chi connectivity index (χ2v) is 9.20. The maximum absolute atomic E-state index is 13.1. The van der Waals surface area contributed by atoms with Gasteiger partial charge in [-0.1, -0.05) is 24.4 Å². The molecular formula is C22H27ClN6O4. The maximum Gasteiger partial charge on any atom is 0.268 e. The third-order valence-electron chi connectivity index (χ3n) is 6.18. The van der Waals surface area contributed by atoms with Crippen LogP contribution in [-0.4, -0.2) is 52.2 Å². The van der Waals surface area contributed by atoms with Gasteiger partial charge < -0.3 is 26.7 Å². The third kappa shape index (κ3) is 5.81. The fourth-order valence-corrected chi connectivity index (χ4v) is 4.31. The van der Waals surface area contributed by atoms with E-state index in [-0.39, 0.29) is 23.9 Å². The molecule has 3 heterocycles. The van der Waals surface area contributed by atoms with Gasteiger partial charge in [-0.2, -0.15) is 0 Å². The Morgan fingerprint density at radius 3 is 2.64 bits per heavy atom. The van der Waals surface area contributed by atoms with Gasteiger partial charge in [0.25, 0.3) is 5.91 Å². The quantitative estimate of drug-likeness (QED) is 0.342. The number of primary amides is 1. The van der Waals surface area contributed by atoms with E-state index >= 15 is 0 Å². The van der Waals surface area contributed by atoms with E-state index in [1.165, 1.54) is 6.20 Å². The number of nitrogens with one attached hydrogen (secondary N) is 4. The number of amides is 4. The number of carbonyl (C=O) groups excluding carboxylic acids is 4. The smallest absolute Gasteiger partial charge is 0.268 e. The molecule has 0 aromatic carbocycles. The second-order valence-electron chi connectivity index (χ2n) is 8.81. The highest BCUT2D eigenvalue weighted by molar-refractivity contribution is 6.30. The third-order valence-corrected chi connectivity index (χ3v) is 6.39. The van der Waals surface area contributed by atoms with E-state index in [0.717, 1.165) is 24.6 Å². The summed E-state index contributed by atoms with van der Waals surface area (Å²) in [5.74, 6) is -1.85. The van der Waals surface area contributed by atoms with Crippen LogP contribution in [-0.2, 0) is 14.4 Å². The predicted molar refractivity (Wildman–Crippen MR) is 121 cm³/mol. The lowest BCUT2D eigenvalue weighted by atomic mass is 9.91. The fourth-order valence-electron chi connectivity index (χ4n) is 4.14. The van der Waals surface area contributed by atoms with Gasteiger partial charge >= 0.3 is 0 Å². The minimum absolute atomic E-state index is 0.132. The molecule has 1 aliphatic carbocycles. The van der Waals surface area contributed by atoms with E-state index in [1.807, 2.05) is 0 Å². The zero-order valence-corrected chi connectivity index (χ0v) is 18.8. The number of fused-ring (bicyclic) bond motifs is 1. The predicted octanol–water partition coefficient (Wildman–Crippen LogP) is 1.00. The van der Waals surface area contributed by atoms with Gasteiger partial charge in [0.2, 0.25) is 17.7 Å². The van der Waals surface area contributed by atoms with Crippen molar-refractivity contribution in [2.24, 2.45) is 17.6 Å². The number of rotatable bonds is 9. The van der Waals surface area contributed by atoms with Gasteiger partial charge in [-0.15, -0.1) is 0 Å². The van der Waals surface area contributed by atoms with Crippen molar-refractivity contribution in [2.45, 2.75) is 50.6 Å². The summed E-state index contributed by atoms with van der Waals surface area (Å²) in [7, 11) is 0. The Balaban J connectivity index is 1.44. The van der Waals surface area contributed by atoms with Gasteiger partial charge in [-0.25, -0.2) is 4.98 Å². The zero-order chi connectivity index (χ0) is 23.5. The van der Waals surface area contributed by atoms with Gasteiger partial charge in [0.05, 0.1) is 11.7 Å². The van der Waals surface area contributed by atoms with Crippen molar-refractivity contribution in [1.82, 2.24) is 25.9 Å². The largest absolute Gasteiger partial charge is 0.368 e. The van der Waals surface area contributed by atoms with Crippen LogP contribution in [0.3, 0.4) is 0 Å². The molecule has 6 N–H and O–H groups in total. The number of piperidine rings is 1. The number of aromatic amines is 1. The molecule has 0 radical (unpaired) electrons. The summed E-state index contributed by atoms with van der Waals surface area (Å²) < 4.78 is 0. The Morgan fingerprint density at radius 2 is 1.94 bits per heavy atom. The first-order valence-electron chi connectivity index (χ1n) is 11.1. The molecule has 3 atom stereocenters. The molecule has 2 aromatic rings. The molecule has 1 saturated carbocycles. The average molecular weight is 475 g/mol. The Morgan fingerprint density at radius 1 is 1.15 bits per heavy atom. The van der Waals surface area contributed by atoms with Gasteiger partial charge in [0.1, 0.15) is 22.9 Å². The number of H-pyrrole nitrogens is 1. The molecule has 33 heavy (non-hydrogen) atoms. The van der Waals surface area contributed by atoms with Gasteiger partial charge in [0.15, 0.2) is 0 Å². The number of halogens is 1. The molecule has 0 unspecified atom stereocenters. The monoisotopic (exact) mass is 474 g/mol. The molecule has 4 amide bonds. The van der Waals surface area contributed by atoms with Crippen LogP contribution in [0.5, 0.6) is 0 Å². The summed E-state index contributed by atoms with van der Waals surface area (Å²) >= 11 is 5.91. The number of nitrogens with zero attached hydrogens (tertiary/aromatic N) is 1. The Kier molecular flexibility index (Phi) is 6.83. The normalized spacial score (nSPS) is 20.0. The zero-order valence-electron chi connectivity index (χ0n) is 18.0. The molecule has 4 rings (SSSR count). The Labute approximate surface area is 195 Å². The average Bonchev–Trinajstić information content (AvgIpc) is 3.49. The highest BCUT2D eigenvalue weighted by Crippen LogP contribution is 2.33. The van der Waals surface area contributed by atoms with Crippen LogP contribution in [0.25, 0.3) is 10.9 Å². The van der Waals surface area contributed by atoms with Crippen molar-refractivity contribution in [3.63, 3.8) is 0 Å². The van der Waals surface area contributed by atoms with Crippen LogP contribution in [0.2, 0.25) is 5.15 Å². The highest BCUT2D eigenvalue weighted by Gasteiger charge is 2.34. The van der Waals surface area contributed by atoms with Crippen molar-refractivity contribution < 1.29 is 19.2 Å². The molecule has 0 bridgehead atoms.